The van der Waals surface area contributed by atoms with Gasteiger partial charge >= 0.3 is 6.18 Å². The van der Waals surface area contributed by atoms with Gasteiger partial charge in [0.05, 0.1) is 32.8 Å². The lowest BCUT2D eigenvalue weighted by atomic mass is 9.92. The third kappa shape index (κ3) is 5.44. The maximum atomic E-state index is 13.2. The van der Waals surface area contributed by atoms with Crippen molar-refractivity contribution in [2.75, 3.05) is 12.3 Å². The van der Waals surface area contributed by atoms with E-state index in [0.717, 1.165) is 25.0 Å². The summed E-state index contributed by atoms with van der Waals surface area (Å²) in [4.78, 5) is 13.1. The molecule has 5 nitrogen and oxygen atoms in total. The predicted molar refractivity (Wildman–Crippen MR) is 116 cm³/mol. The van der Waals surface area contributed by atoms with E-state index in [1.54, 1.807) is 19.1 Å². The largest absolute Gasteiger partial charge is 0.417 e. The zero-order valence-corrected chi connectivity index (χ0v) is 18.9. The van der Waals surface area contributed by atoms with Gasteiger partial charge in [-0.1, -0.05) is 43.1 Å². The van der Waals surface area contributed by atoms with Crippen LogP contribution in [0, 0.1) is 0 Å². The predicted octanol–water partition coefficient (Wildman–Crippen LogP) is 4.77. The van der Waals surface area contributed by atoms with Gasteiger partial charge in [0.15, 0.2) is 9.84 Å². The van der Waals surface area contributed by atoms with Crippen molar-refractivity contribution in [1.29, 1.82) is 0 Å². The molecule has 10 heteroatoms. The van der Waals surface area contributed by atoms with Gasteiger partial charge in [0.1, 0.15) is 0 Å². The van der Waals surface area contributed by atoms with Gasteiger partial charge in [0, 0.05) is 6.04 Å². The van der Waals surface area contributed by atoms with Crippen LogP contribution in [0.3, 0.4) is 0 Å². The molecule has 1 saturated heterocycles. The summed E-state index contributed by atoms with van der Waals surface area (Å²) in [7, 11) is -3.47. The molecular weight excluding hydrogens is 465 g/mol. The average Bonchev–Trinajstić information content (AvgIpc) is 2.77. The second-order valence-electron chi connectivity index (χ2n) is 7.65. The minimum atomic E-state index is -4.69. The molecule has 0 spiro atoms. The first-order chi connectivity index (χ1) is 15.0. The van der Waals surface area contributed by atoms with Crippen molar-refractivity contribution in [2.24, 2.45) is 0 Å². The molecule has 1 fully saturated rings. The lowest BCUT2D eigenvalue weighted by Crippen LogP contribution is -2.46. The van der Waals surface area contributed by atoms with Crippen molar-refractivity contribution < 1.29 is 26.4 Å². The van der Waals surface area contributed by atoms with Gasteiger partial charge in [-0.05, 0) is 49.2 Å². The van der Waals surface area contributed by atoms with Crippen LogP contribution in [0.15, 0.2) is 47.4 Å². The zero-order chi connectivity index (χ0) is 23.5. The van der Waals surface area contributed by atoms with Crippen LogP contribution in [0.1, 0.15) is 53.7 Å². The summed E-state index contributed by atoms with van der Waals surface area (Å²) in [5, 5.41) is 5.44. The van der Waals surface area contributed by atoms with Gasteiger partial charge in [0.2, 0.25) is 0 Å². The highest BCUT2D eigenvalue weighted by Gasteiger charge is 2.35. The molecule has 2 N–H and O–H groups in total. The van der Waals surface area contributed by atoms with Crippen LogP contribution < -0.4 is 10.6 Å². The molecule has 32 heavy (non-hydrogen) atoms. The van der Waals surface area contributed by atoms with Gasteiger partial charge in [-0.25, -0.2) is 8.42 Å². The Morgan fingerprint density at radius 2 is 1.94 bits per heavy atom. The van der Waals surface area contributed by atoms with E-state index in [2.05, 4.69) is 10.6 Å². The highest BCUT2D eigenvalue weighted by Crippen LogP contribution is 2.36. The van der Waals surface area contributed by atoms with E-state index in [-0.39, 0.29) is 22.3 Å². The van der Waals surface area contributed by atoms with E-state index in [0.29, 0.717) is 18.5 Å². The number of nitrogens with one attached hydrogen (secondary N) is 2. The monoisotopic (exact) mass is 488 g/mol. The van der Waals surface area contributed by atoms with Crippen molar-refractivity contribution in [2.45, 2.75) is 49.3 Å². The quantitative estimate of drug-likeness (QED) is 0.614. The van der Waals surface area contributed by atoms with Crippen LogP contribution in [-0.4, -0.2) is 32.7 Å². The number of amides is 1. The second-order valence-corrected chi connectivity index (χ2v) is 10.3. The van der Waals surface area contributed by atoms with Crippen molar-refractivity contribution >= 4 is 27.3 Å². The number of carbonyl (C=O) groups is 1. The van der Waals surface area contributed by atoms with Crippen molar-refractivity contribution in [1.82, 2.24) is 10.6 Å². The number of carbonyl (C=O) groups excluding carboxylic acids is 1. The summed E-state index contributed by atoms with van der Waals surface area (Å²) in [5.41, 5.74) is -0.829. The first-order valence-corrected chi connectivity index (χ1v) is 12.3. The van der Waals surface area contributed by atoms with Crippen molar-refractivity contribution in [3.05, 3.63) is 64.2 Å². The fourth-order valence-electron chi connectivity index (χ4n) is 3.79. The minimum absolute atomic E-state index is 0.0744. The standard InChI is InChI=1S/C22H24ClF3N2O3S/c1-2-32(30,31)15-8-5-7-14(13-15)20(18-11-3-4-12-27-18)28-21(29)16-9-6-10-17(19(16)23)22(24,25)26/h5-10,13,18,20,27H,2-4,11-12H2,1H3,(H,28,29)/t18-,20-/m1/s1. The van der Waals surface area contributed by atoms with Gasteiger partial charge < -0.3 is 10.6 Å². The number of hydrogen-bond acceptors (Lipinski definition) is 4. The third-order valence-electron chi connectivity index (χ3n) is 5.54. The highest BCUT2D eigenvalue weighted by atomic mass is 35.5. The van der Waals surface area contributed by atoms with Crippen LogP contribution in [0.2, 0.25) is 5.02 Å². The Morgan fingerprint density at radius 3 is 2.56 bits per heavy atom. The molecule has 0 bridgehead atoms. The molecule has 0 aromatic heterocycles. The van der Waals surface area contributed by atoms with Gasteiger partial charge in [0.25, 0.3) is 5.91 Å². The van der Waals surface area contributed by atoms with Crippen LogP contribution in [0.4, 0.5) is 13.2 Å². The molecule has 174 valence electrons. The average molecular weight is 489 g/mol. The molecule has 1 amide bonds. The molecule has 1 aliphatic rings. The van der Waals surface area contributed by atoms with Crippen LogP contribution >= 0.6 is 11.6 Å². The van der Waals surface area contributed by atoms with Gasteiger partial charge in [-0.3, -0.25) is 4.79 Å². The molecule has 0 unspecified atom stereocenters. The molecule has 0 radical (unpaired) electrons. The Morgan fingerprint density at radius 1 is 1.22 bits per heavy atom. The molecule has 1 aliphatic heterocycles. The van der Waals surface area contributed by atoms with E-state index >= 15 is 0 Å². The van der Waals surface area contributed by atoms with Gasteiger partial charge in [-0.15, -0.1) is 0 Å². The fraction of sp³-hybridized carbons (Fsp3) is 0.409. The summed E-state index contributed by atoms with van der Waals surface area (Å²) in [5.74, 6) is -0.836. The molecule has 3 rings (SSSR count). The van der Waals surface area contributed by atoms with E-state index in [9.17, 15) is 26.4 Å². The topological polar surface area (TPSA) is 75.3 Å². The molecule has 2 aromatic rings. The Labute approximate surface area is 190 Å². The molecule has 2 atom stereocenters. The number of piperidine rings is 1. The molecular formula is C22H24ClF3N2O3S. The summed E-state index contributed by atoms with van der Waals surface area (Å²) in [6, 6.07) is 8.60. The maximum absolute atomic E-state index is 13.2. The fourth-order valence-corrected chi connectivity index (χ4v) is 5.05. The summed E-state index contributed by atoms with van der Waals surface area (Å²) >= 11 is 5.93. The first kappa shape index (κ1) is 24.5. The van der Waals surface area contributed by atoms with E-state index in [4.69, 9.17) is 11.6 Å². The summed E-state index contributed by atoms with van der Waals surface area (Å²) < 4.78 is 64.3. The van der Waals surface area contributed by atoms with Crippen LogP contribution in [0.25, 0.3) is 0 Å². The third-order valence-corrected chi connectivity index (χ3v) is 7.68. The summed E-state index contributed by atoms with van der Waals surface area (Å²) in [6.45, 7) is 2.26. The lowest BCUT2D eigenvalue weighted by Gasteiger charge is -2.32. The highest BCUT2D eigenvalue weighted by molar-refractivity contribution is 7.91. The SMILES string of the molecule is CCS(=O)(=O)c1cccc([C@@H](NC(=O)c2cccc(C(F)(F)F)c2Cl)[C@H]2CCCCN2)c1. The Hall–Kier alpha value is -2.10. The molecule has 0 saturated carbocycles. The maximum Gasteiger partial charge on any atom is 0.417 e. The number of hydrogen-bond donors (Lipinski definition) is 2. The minimum Gasteiger partial charge on any atom is -0.344 e. The Bertz CT molecular complexity index is 1080. The van der Waals surface area contributed by atoms with Crippen molar-refractivity contribution in [3.8, 4) is 0 Å². The van der Waals surface area contributed by atoms with E-state index < -0.39 is 38.5 Å². The van der Waals surface area contributed by atoms with Crippen LogP contribution in [0.5, 0.6) is 0 Å². The summed E-state index contributed by atoms with van der Waals surface area (Å²) in [6.07, 6.45) is -2.12. The lowest BCUT2D eigenvalue weighted by molar-refractivity contribution is -0.137. The Kier molecular flexibility index (Phi) is 7.52. The number of sulfone groups is 1. The Balaban J connectivity index is 1.98. The molecule has 2 aromatic carbocycles. The van der Waals surface area contributed by atoms with Gasteiger partial charge in [-0.2, -0.15) is 13.2 Å². The normalized spacial score (nSPS) is 18.2. The molecule has 1 heterocycles. The smallest absolute Gasteiger partial charge is 0.344 e. The number of alkyl halides is 3. The number of rotatable bonds is 6. The second kappa shape index (κ2) is 9.80. The molecule has 0 aliphatic carbocycles. The van der Waals surface area contributed by atoms with Crippen molar-refractivity contribution in [3.63, 3.8) is 0 Å². The number of benzene rings is 2. The zero-order valence-electron chi connectivity index (χ0n) is 17.4. The van der Waals surface area contributed by atoms with E-state index in [1.807, 2.05) is 0 Å². The first-order valence-electron chi connectivity index (χ1n) is 10.3. The number of halogens is 4. The van der Waals surface area contributed by atoms with E-state index in [1.165, 1.54) is 18.2 Å². The van der Waals surface area contributed by atoms with Crippen LogP contribution in [-0.2, 0) is 16.0 Å².